The van der Waals surface area contributed by atoms with Crippen LogP contribution in [-0.4, -0.2) is 23.1 Å². The fourth-order valence-electron chi connectivity index (χ4n) is 2.48. The maximum Gasteiger partial charge on any atom is 0.230 e. The average Bonchev–Trinajstić information content (AvgIpc) is 2.78. The Morgan fingerprint density at radius 2 is 1.65 bits per heavy atom. The molecule has 1 amide bonds. The first-order chi connectivity index (χ1) is 9.72. The highest BCUT2D eigenvalue weighted by molar-refractivity contribution is 6.05. The number of ketones is 1. The molecule has 1 aliphatic heterocycles. The zero-order chi connectivity index (χ0) is 13.9. The number of Topliss-reactive ketones (excluding diaryl/α,β-unsaturated/α-hetero) is 1. The van der Waals surface area contributed by atoms with Crippen molar-refractivity contribution in [1.82, 2.24) is 4.90 Å². The lowest BCUT2D eigenvalue weighted by Crippen LogP contribution is -2.24. The monoisotopic (exact) mass is 265 g/mol. The molecule has 3 nitrogen and oxygen atoms in total. The zero-order valence-electron chi connectivity index (χ0n) is 11.1. The van der Waals surface area contributed by atoms with Crippen LogP contribution in [0.1, 0.15) is 12.0 Å². The van der Waals surface area contributed by atoms with E-state index >= 15 is 0 Å². The van der Waals surface area contributed by atoms with Gasteiger partial charge in [-0.25, -0.2) is 0 Å². The molecule has 0 aromatic heterocycles. The molecule has 0 bridgehead atoms. The predicted octanol–water partition coefficient (Wildman–Crippen LogP) is 2.66. The lowest BCUT2D eigenvalue weighted by molar-refractivity contribution is -0.128. The van der Waals surface area contributed by atoms with Crippen molar-refractivity contribution < 1.29 is 9.59 Å². The largest absolute Gasteiger partial charge is 0.331 e. The molecule has 0 spiro atoms. The summed E-state index contributed by atoms with van der Waals surface area (Å²) in [5.74, 6) is -0.0608. The molecule has 1 aliphatic rings. The predicted molar refractivity (Wildman–Crippen MR) is 76.9 cm³/mol. The van der Waals surface area contributed by atoms with E-state index in [-0.39, 0.29) is 24.7 Å². The van der Waals surface area contributed by atoms with Gasteiger partial charge in [0.2, 0.25) is 5.91 Å². The molecule has 0 saturated carbocycles. The fourth-order valence-corrected chi connectivity index (χ4v) is 2.48. The number of rotatable bonds is 3. The van der Waals surface area contributed by atoms with E-state index in [1.54, 1.807) is 4.90 Å². The third-order valence-corrected chi connectivity index (χ3v) is 3.48. The second kappa shape index (κ2) is 5.29. The molecule has 0 aliphatic carbocycles. The Morgan fingerprint density at radius 1 is 0.900 bits per heavy atom. The summed E-state index contributed by atoms with van der Waals surface area (Å²) in [6.07, 6.45) is 0.0539. The van der Waals surface area contributed by atoms with Crippen molar-refractivity contribution in [2.75, 3.05) is 6.54 Å². The molecule has 3 heteroatoms. The average molecular weight is 265 g/mol. The molecular weight excluding hydrogens is 250 g/mol. The van der Waals surface area contributed by atoms with Crippen molar-refractivity contribution in [3.8, 4) is 11.1 Å². The van der Waals surface area contributed by atoms with Gasteiger partial charge in [0.25, 0.3) is 0 Å². The summed E-state index contributed by atoms with van der Waals surface area (Å²) < 4.78 is 0. The molecule has 0 atom stereocenters. The number of likely N-dealkylation sites (tertiary alicyclic amines) is 1. The highest BCUT2D eigenvalue weighted by Crippen LogP contribution is 2.21. The van der Waals surface area contributed by atoms with Crippen molar-refractivity contribution in [3.05, 3.63) is 60.2 Å². The summed E-state index contributed by atoms with van der Waals surface area (Å²) in [5.41, 5.74) is 3.33. The van der Waals surface area contributed by atoms with Crippen LogP contribution in [-0.2, 0) is 16.1 Å². The molecule has 1 saturated heterocycles. The van der Waals surface area contributed by atoms with E-state index in [1.165, 1.54) is 0 Å². The van der Waals surface area contributed by atoms with Crippen molar-refractivity contribution >= 4 is 11.7 Å². The maximum absolute atomic E-state index is 11.6. The van der Waals surface area contributed by atoms with Gasteiger partial charge in [-0.3, -0.25) is 9.59 Å². The molecule has 0 N–H and O–H groups in total. The highest BCUT2D eigenvalue weighted by Gasteiger charge is 2.27. The van der Waals surface area contributed by atoms with Gasteiger partial charge in [0, 0.05) is 6.54 Å². The van der Waals surface area contributed by atoms with Crippen LogP contribution in [0, 0.1) is 0 Å². The minimum absolute atomic E-state index is 0.00853. The zero-order valence-corrected chi connectivity index (χ0v) is 11.1. The minimum atomic E-state index is -0.0693. The fraction of sp³-hybridized carbons (Fsp3) is 0.176. The quantitative estimate of drug-likeness (QED) is 0.800. The lowest BCUT2D eigenvalue weighted by atomic mass is 10.0. The van der Waals surface area contributed by atoms with Crippen molar-refractivity contribution in [1.29, 1.82) is 0 Å². The van der Waals surface area contributed by atoms with E-state index in [0.717, 1.165) is 16.7 Å². The smallest absolute Gasteiger partial charge is 0.230 e. The third kappa shape index (κ3) is 2.62. The van der Waals surface area contributed by atoms with E-state index in [9.17, 15) is 9.59 Å². The van der Waals surface area contributed by atoms with E-state index in [2.05, 4.69) is 24.3 Å². The first-order valence-corrected chi connectivity index (χ1v) is 6.66. The molecule has 0 unspecified atom stereocenters. The van der Waals surface area contributed by atoms with Crippen LogP contribution in [0.15, 0.2) is 54.6 Å². The standard InChI is InChI=1S/C17H15NO2/c19-16-10-17(20)18(12-16)11-13-5-4-8-15(9-13)14-6-2-1-3-7-14/h1-9H,10-12H2. The van der Waals surface area contributed by atoms with Gasteiger partial charge in [-0.05, 0) is 22.8 Å². The topological polar surface area (TPSA) is 37.4 Å². The summed E-state index contributed by atoms with van der Waals surface area (Å²) in [4.78, 5) is 24.5. The van der Waals surface area contributed by atoms with Crippen LogP contribution >= 0.6 is 0 Å². The molecule has 20 heavy (non-hydrogen) atoms. The van der Waals surface area contributed by atoms with Gasteiger partial charge in [0.1, 0.15) is 0 Å². The van der Waals surface area contributed by atoms with E-state index in [4.69, 9.17) is 0 Å². The van der Waals surface area contributed by atoms with Gasteiger partial charge in [0.05, 0.1) is 13.0 Å². The van der Waals surface area contributed by atoms with Crippen LogP contribution in [0.4, 0.5) is 0 Å². The number of hydrogen-bond donors (Lipinski definition) is 0. The maximum atomic E-state index is 11.6. The van der Waals surface area contributed by atoms with Crippen LogP contribution in [0.2, 0.25) is 0 Å². The van der Waals surface area contributed by atoms with Crippen molar-refractivity contribution in [3.63, 3.8) is 0 Å². The molecule has 100 valence electrons. The first-order valence-electron chi connectivity index (χ1n) is 6.66. The number of benzene rings is 2. The van der Waals surface area contributed by atoms with Gasteiger partial charge in [-0.15, -0.1) is 0 Å². The highest BCUT2D eigenvalue weighted by atomic mass is 16.2. The lowest BCUT2D eigenvalue weighted by Gasteiger charge is -2.15. The second-order valence-corrected chi connectivity index (χ2v) is 5.03. The van der Waals surface area contributed by atoms with Gasteiger partial charge in [-0.2, -0.15) is 0 Å². The van der Waals surface area contributed by atoms with Crippen LogP contribution in [0.3, 0.4) is 0 Å². The third-order valence-electron chi connectivity index (χ3n) is 3.48. The van der Waals surface area contributed by atoms with Crippen molar-refractivity contribution in [2.45, 2.75) is 13.0 Å². The second-order valence-electron chi connectivity index (χ2n) is 5.03. The Balaban J connectivity index is 1.82. The number of carbonyl (C=O) groups is 2. The van der Waals surface area contributed by atoms with Crippen LogP contribution in [0.25, 0.3) is 11.1 Å². The Hall–Kier alpha value is -2.42. The summed E-state index contributed by atoms with van der Waals surface area (Å²) in [6, 6.07) is 18.2. The number of amides is 1. The van der Waals surface area contributed by atoms with Crippen LogP contribution in [0.5, 0.6) is 0 Å². The van der Waals surface area contributed by atoms with Crippen LogP contribution < -0.4 is 0 Å². The Morgan fingerprint density at radius 3 is 2.35 bits per heavy atom. The van der Waals surface area contributed by atoms with Gasteiger partial charge in [-0.1, -0.05) is 48.5 Å². The molecular formula is C17H15NO2. The summed E-state index contributed by atoms with van der Waals surface area (Å²) in [5, 5.41) is 0. The normalized spacial score (nSPS) is 14.9. The van der Waals surface area contributed by atoms with E-state index < -0.39 is 0 Å². The molecule has 2 aromatic carbocycles. The van der Waals surface area contributed by atoms with E-state index in [0.29, 0.717) is 6.54 Å². The Labute approximate surface area is 117 Å². The van der Waals surface area contributed by atoms with Gasteiger partial charge < -0.3 is 4.90 Å². The molecule has 2 aromatic rings. The molecule has 0 radical (unpaired) electrons. The molecule has 1 fully saturated rings. The number of hydrogen-bond acceptors (Lipinski definition) is 2. The SMILES string of the molecule is O=C1CC(=O)N(Cc2cccc(-c3ccccc3)c2)C1. The minimum Gasteiger partial charge on any atom is -0.331 e. The first kappa shape index (κ1) is 12.6. The van der Waals surface area contributed by atoms with Gasteiger partial charge >= 0.3 is 0 Å². The summed E-state index contributed by atoms with van der Waals surface area (Å²) in [7, 11) is 0. The summed E-state index contributed by atoms with van der Waals surface area (Å²) in [6.45, 7) is 0.750. The Kier molecular flexibility index (Phi) is 3.33. The molecule has 1 heterocycles. The Bertz CT molecular complexity index is 649. The molecule has 3 rings (SSSR count). The van der Waals surface area contributed by atoms with E-state index in [1.807, 2.05) is 30.3 Å². The van der Waals surface area contributed by atoms with Crippen molar-refractivity contribution in [2.24, 2.45) is 0 Å². The van der Waals surface area contributed by atoms with Gasteiger partial charge in [0.15, 0.2) is 5.78 Å². The summed E-state index contributed by atoms with van der Waals surface area (Å²) >= 11 is 0. The number of nitrogens with zero attached hydrogens (tertiary/aromatic N) is 1. The number of carbonyl (C=O) groups excluding carboxylic acids is 2.